The van der Waals surface area contributed by atoms with E-state index in [0.717, 1.165) is 43.4 Å². The third-order valence-electron chi connectivity index (χ3n) is 5.28. The fraction of sp³-hybridized carbons (Fsp3) is 0.611. The van der Waals surface area contributed by atoms with Gasteiger partial charge in [0.25, 0.3) is 0 Å². The van der Waals surface area contributed by atoms with Crippen molar-refractivity contribution in [1.82, 2.24) is 4.90 Å². The number of nitrogens with zero attached hydrogens (tertiary/aromatic N) is 1. The molecule has 1 atom stereocenters. The van der Waals surface area contributed by atoms with Crippen LogP contribution in [-0.4, -0.2) is 41.5 Å². The molecule has 3 rings (SSSR count). The normalized spacial score (nSPS) is 29.3. The zero-order chi connectivity index (χ0) is 16.4. The Kier molecular flexibility index (Phi) is 4.48. The van der Waals surface area contributed by atoms with Crippen LogP contribution in [0.4, 0.5) is 4.79 Å². The summed E-state index contributed by atoms with van der Waals surface area (Å²) in [7, 11) is 1.64. The topological polar surface area (TPSA) is 59.0 Å². The van der Waals surface area contributed by atoms with E-state index in [1.807, 2.05) is 31.2 Å². The van der Waals surface area contributed by atoms with E-state index < -0.39 is 0 Å². The smallest absolute Gasteiger partial charge is 0.410 e. The van der Waals surface area contributed by atoms with Crippen molar-refractivity contribution >= 4 is 6.09 Å². The lowest BCUT2D eigenvalue weighted by Crippen LogP contribution is -2.52. The molecule has 1 aliphatic carbocycles. The second-order valence-electron chi connectivity index (χ2n) is 6.67. The summed E-state index contributed by atoms with van der Waals surface area (Å²) in [5, 5.41) is 9.66. The van der Waals surface area contributed by atoms with Crippen molar-refractivity contribution in [3.8, 4) is 5.75 Å². The Labute approximate surface area is 137 Å². The highest BCUT2D eigenvalue weighted by molar-refractivity contribution is 5.69. The quantitative estimate of drug-likeness (QED) is 0.929. The number of ether oxygens (including phenoxy) is 2. The molecule has 1 aromatic rings. The van der Waals surface area contributed by atoms with Crippen LogP contribution in [0.25, 0.3) is 0 Å². The molecule has 0 unspecified atom stereocenters. The third-order valence-corrected chi connectivity index (χ3v) is 5.28. The van der Waals surface area contributed by atoms with E-state index >= 15 is 0 Å². The first-order valence-electron chi connectivity index (χ1n) is 8.35. The lowest BCUT2D eigenvalue weighted by atomic mass is 9.80. The molecular formula is C18H25NO4. The van der Waals surface area contributed by atoms with E-state index in [0.29, 0.717) is 6.54 Å². The Morgan fingerprint density at radius 2 is 1.91 bits per heavy atom. The van der Waals surface area contributed by atoms with Gasteiger partial charge in [-0.1, -0.05) is 12.1 Å². The van der Waals surface area contributed by atoms with E-state index in [-0.39, 0.29) is 23.8 Å². The van der Waals surface area contributed by atoms with Crippen LogP contribution in [0.3, 0.4) is 0 Å². The molecule has 1 heterocycles. The number of carbonyl (C=O) groups is 1. The Bertz CT molecular complexity index is 549. The van der Waals surface area contributed by atoms with Crippen molar-refractivity contribution in [1.29, 1.82) is 0 Å². The average Bonchev–Trinajstić information content (AvgIpc) is 2.57. The van der Waals surface area contributed by atoms with Gasteiger partial charge in [-0.05, 0) is 50.3 Å². The zero-order valence-corrected chi connectivity index (χ0v) is 13.8. The summed E-state index contributed by atoms with van der Waals surface area (Å²) < 4.78 is 11.0. The van der Waals surface area contributed by atoms with E-state index in [1.165, 1.54) is 0 Å². The maximum absolute atomic E-state index is 12.5. The standard InChI is InChI=1S/C18H25NO4/c1-13(14-3-5-16(22-2)6-4-14)19-12-11-18(23-17(19)21)9-7-15(20)8-10-18/h3-6,13,15,20H,7-12H2,1-2H3/t13-,15-,18-/m0/s1. The largest absolute Gasteiger partial charge is 0.497 e. The Hall–Kier alpha value is -1.75. The molecule has 126 valence electrons. The molecule has 1 amide bonds. The lowest BCUT2D eigenvalue weighted by Gasteiger charge is -2.45. The molecule has 5 nitrogen and oxygen atoms in total. The number of methoxy groups -OCH3 is 1. The minimum absolute atomic E-state index is 0.0278. The maximum atomic E-state index is 12.5. The van der Waals surface area contributed by atoms with Crippen molar-refractivity contribution in [3.63, 3.8) is 0 Å². The fourth-order valence-electron chi connectivity index (χ4n) is 3.61. The van der Waals surface area contributed by atoms with Crippen LogP contribution >= 0.6 is 0 Å². The average molecular weight is 319 g/mol. The summed E-state index contributed by atoms with van der Waals surface area (Å²) in [6, 6.07) is 7.76. The molecule has 2 aliphatic rings. The van der Waals surface area contributed by atoms with Gasteiger partial charge in [0.15, 0.2) is 0 Å². The third kappa shape index (κ3) is 3.29. The van der Waals surface area contributed by atoms with Crippen LogP contribution in [-0.2, 0) is 4.74 Å². The molecule has 1 saturated carbocycles. The summed E-state index contributed by atoms with van der Waals surface area (Å²) in [4.78, 5) is 14.3. The number of carbonyl (C=O) groups excluding carboxylic acids is 1. The van der Waals surface area contributed by atoms with Crippen LogP contribution in [0.15, 0.2) is 24.3 Å². The van der Waals surface area contributed by atoms with Crippen LogP contribution in [0.2, 0.25) is 0 Å². The summed E-state index contributed by atoms with van der Waals surface area (Å²) in [5.41, 5.74) is 0.713. The molecule has 23 heavy (non-hydrogen) atoms. The van der Waals surface area contributed by atoms with Crippen LogP contribution in [0, 0.1) is 0 Å². The molecule has 1 saturated heterocycles. The molecule has 1 aromatic carbocycles. The van der Waals surface area contributed by atoms with Gasteiger partial charge in [-0.3, -0.25) is 0 Å². The lowest BCUT2D eigenvalue weighted by molar-refractivity contribution is -0.0908. The molecule has 1 N–H and O–H groups in total. The molecule has 1 aliphatic heterocycles. The maximum Gasteiger partial charge on any atom is 0.410 e. The van der Waals surface area contributed by atoms with Gasteiger partial charge in [-0.15, -0.1) is 0 Å². The molecule has 0 bridgehead atoms. The Morgan fingerprint density at radius 1 is 1.26 bits per heavy atom. The van der Waals surface area contributed by atoms with Crippen LogP contribution < -0.4 is 4.74 Å². The summed E-state index contributed by atoms with van der Waals surface area (Å²) in [5.74, 6) is 0.807. The number of rotatable bonds is 3. The first-order valence-corrected chi connectivity index (χ1v) is 8.35. The van der Waals surface area contributed by atoms with Gasteiger partial charge in [0, 0.05) is 13.0 Å². The highest BCUT2D eigenvalue weighted by atomic mass is 16.6. The van der Waals surface area contributed by atoms with E-state index in [1.54, 1.807) is 12.0 Å². The van der Waals surface area contributed by atoms with Gasteiger partial charge in [0.1, 0.15) is 11.4 Å². The highest BCUT2D eigenvalue weighted by Gasteiger charge is 2.44. The van der Waals surface area contributed by atoms with Gasteiger partial charge >= 0.3 is 6.09 Å². The van der Waals surface area contributed by atoms with Crippen molar-refractivity contribution in [2.75, 3.05) is 13.7 Å². The number of amides is 1. The predicted octanol–water partition coefficient (Wildman–Crippen LogP) is 3.27. The molecule has 0 aromatic heterocycles. The summed E-state index contributed by atoms with van der Waals surface area (Å²) in [6.07, 6.45) is 3.34. The van der Waals surface area contributed by atoms with Gasteiger partial charge in [0.05, 0.1) is 19.3 Å². The molecule has 1 spiro atoms. The Balaban J connectivity index is 1.66. The van der Waals surface area contributed by atoms with Crippen molar-refractivity contribution in [3.05, 3.63) is 29.8 Å². The highest BCUT2D eigenvalue weighted by Crippen LogP contribution is 2.39. The SMILES string of the molecule is COc1ccc([C@H](C)N2CC[C@]3(CC[C@@H](O)CC3)OC2=O)cc1. The zero-order valence-electron chi connectivity index (χ0n) is 13.8. The minimum atomic E-state index is -0.355. The van der Waals surface area contributed by atoms with Crippen molar-refractivity contribution in [2.24, 2.45) is 0 Å². The van der Waals surface area contributed by atoms with E-state index in [4.69, 9.17) is 9.47 Å². The number of aliphatic hydroxyl groups is 1. The van der Waals surface area contributed by atoms with E-state index in [2.05, 4.69) is 0 Å². The van der Waals surface area contributed by atoms with Gasteiger partial charge < -0.3 is 19.5 Å². The van der Waals surface area contributed by atoms with Gasteiger partial charge in [-0.25, -0.2) is 4.79 Å². The van der Waals surface area contributed by atoms with Crippen molar-refractivity contribution in [2.45, 2.75) is 56.8 Å². The fourth-order valence-corrected chi connectivity index (χ4v) is 3.61. The monoisotopic (exact) mass is 319 g/mol. The number of aliphatic hydroxyl groups excluding tert-OH is 1. The van der Waals surface area contributed by atoms with Crippen LogP contribution in [0.1, 0.15) is 50.6 Å². The molecule has 2 fully saturated rings. The summed E-state index contributed by atoms with van der Waals surface area (Å²) in [6.45, 7) is 2.72. The van der Waals surface area contributed by atoms with E-state index in [9.17, 15) is 9.90 Å². The first kappa shape index (κ1) is 16.1. The number of benzene rings is 1. The molecule has 0 radical (unpaired) electrons. The minimum Gasteiger partial charge on any atom is -0.497 e. The number of hydrogen-bond acceptors (Lipinski definition) is 4. The second-order valence-corrected chi connectivity index (χ2v) is 6.67. The Morgan fingerprint density at radius 3 is 2.48 bits per heavy atom. The van der Waals surface area contributed by atoms with Gasteiger partial charge in [-0.2, -0.15) is 0 Å². The summed E-state index contributed by atoms with van der Waals surface area (Å²) >= 11 is 0. The second kappa shape index (κ2) is 6.40. The predicted molar refractivity (Wildman–Crippen MR) is 86.4 cm³/mol. The first-order chi connectivity index (χ1) is 11.0. The number of hydrogen-bond donors (Lipinski definition) is 1. The van der Waals surface area contributed by atoms with Crippen molar-refractivity contribution < 1.29 is 19.4 Å². The molecular weight excluding hydrogens is 294 g/mol. The van der Waals surface area contributed by atoms with Crippen LogP contribution in [0.5, 0.6) is 5.75 Å². The molecule has 5 heteroatoms. The van der Waals surface area contributed by atoms with Gasteiger partial charge in [0.2, 0.25) is 0 Å².